The molecule has 120 valence electrons. The average Bonchev–Trinajstić information content (AvgIpc) is 2.68. The summed E-state index contributed by atoms with van der Waals surface area (Å²) in [7, 11) is -2.02. The van der Waals surface area contributed by atoms with Crippen molar-refractivity contribution in [3.63, 3.8) is 0 Å². The van der Waals surface area contributed by atoms with Gasteiger partial charge in [0.05, 0.1) is 11.9 Å². The van der Waals surface area contributed by atoms with Crippen LogP contribution in [-0.2, 0) is 17.1 Å². The first-order valence-electron chi connectivity index (χ1n) is 6.83. The number of piperazine rings is 1. The van der Waals surface area contributed by atoms with Gasteiger partial charge in [0, 0.05) is 39.8 Å². The second-order valence-corrected chi connectivity index (χ2v) is 7.89. The van der Waals surface area contributed by atoms with Crippen LogP contribution in [0.5, 0.6) is 0 Å². The number of anilines is 1. The number of sulfonamides is 1. The van der Waals surface area contributed by atoms with Crippen LogP contribution >= 0.6 is 0 Å². The number of nitrogens with zero attached hydrogens (tertiary/aromatic N) is 4. The van der Waals surface area contributed by atoms with Crippen LogP contribution in [0.25, 0.3) is 0 Å². The Balaban J connectivity index is 2.08. The van der Waals surface area contributed by atoms with Crippen molar-refractivity contribution in [1.82, 2.24) is 18.8 Å². The van der Waals surface area contributed by atoms with Gasteiger partial charge in [0.1, 0.15) is 0 Å². The number of nitrogens with two attached hydrogens (primary N) is 1. The van der Waals surface area contributed by atoms with Crippen molar-refractivity contribution >= 4 is 15.8 Å². The van der Waals surface area contributed by atoms with E-state index in [-0.39, 0.29) is 10.8 Å². The third-order valence-electron chi connectivity index (χ3n) is 3.44. The molecule has 0 amide bonds. The van der Waals surface area contributed by atoms with Crippen molar-refractivity contribution in [2.45, 2.75) is 24.5 Å². The maximum absolute atomic E-state index is 12.6. The molecular formula is C12H23N5O3S. The number of hydrogen-bond donors (Lipinski definition) is 2. The summed E-state index contributed by atoms with van der Waals surface area (Å²) in [5.74, 6) is 0.0245. The van der Waals surface area contributed by atoms with Crippen LogP contribution in [0.3, 0.4) is 0 Å². The number of β-amino-alcohol motifs (C(OH)–C–C–N with tert-alkyl or cyclic N) is 1. The highest BCUT2D eigenvalue weighted by atomic mass is 32.2. The number of rotatable bonds is 4. The molecule has 1 aliphatic rings. The minimum atomic E-state index is -3.63. The van der Waals surface area contributed by atoms with Gasteiger partial charge in [-0.2, -0.15) is 4.31 Å². The minimum Gasteiger partial charge on any atom is -0.389 e. The van der Waals surface area contributed by atoms with E-state index in [0.29, 0.717) is 32.7 Å². The first-order valence-corrected chi connectivity index (χ1v) is 8.27. The van der Waals surface area contributed by atoms with Gasteiger partial charge < -0.3 is 15.4 Å². The van der Waals surface area contributed by atoms with E-state index in [9.17, 15) is 13.5 Å². The van der Waals surface area contributed by atoms with Crippen LogP contribution in [0.15, 0.2) is 11.4 Å². The van der Waals surface area contributed by atoms with Gasteiger partial charge in [-0.1, -0.05) is 0 Å². The van der Waals surface area contributed by atoms with Crippen LogP contribution in [0.4, 0.5) is 5.82 Å². The first kappa shape index (κ1) is 16.2. The summed E-state index contributed by atoms with van der Waals surface area (Å²) in [5.41, 5.74) is 4.88. The zero-order chi connectivity index (χ0) is 15.8. The lowest BCUT2D eigenvalue weighted by molar-refractivity contribution is 0.0263. The fourth-order valence-electron chi connectivity index (χ4n) is 2.55. The molecule has 8 nitrogen and oxygen atoms in total. The number of imidazole rings is 1. The fourth-order valence-corrected chi connectivity index (χ4v) is 4.17. The van der Waals surface area contributed by atoms with E-state index in [2.05, 4.69) is 9.88 Å². The van der Waals surface area contributed by atoms with Crippen LogP contribution in [0.1, 0.15) is 13.8 Å². The summed E-state index contributed by atoms with van der Waals surface area (Å²) in [5, 5.41) is 9.86. The summed E-state index contributed by atoms with van der Waals surface area (Å²) >= 11 is 0. The van der Waals surface area contributed by atoms with E-state index in [4.69, 9.17) is 5.73 Å². The second kappa shape index (κ2) is 5.56. The van der Waals surface area contributed by atoms with E-state index in [0.717, 1.165) is 0 Å². The Hall–Kier alpha value is -1.16. The topological polar surface area (TPSA) is 105 Å². The number of aryl methyl sites for hydroxylation is 1. The zero-order valence-electron chi connectivity index (χ0n) is 12.7. The lowest BCUT2D eigenvalue weighted by Gasteiger charge is -2.36. The predicted octanol–water partition coefficient (Wildman–Crippen LogP) is -0.920. The van der Waals surface area contributed by atoms with Gasteiger partial charge in [-0.15, -0.1) is 0 Å². The Bertz CT molecular complexity index is 577. The highest BCUT2D eigenvalue weighted by Crippen LogP contribution is 2.22. The van der Waals surface area contributed by atoms with Crippen molar-refractivity contribution < 1.29 is 13.5 Å². The van der Waals surface area contributed by atoms with Gasteiger partial charge in [0.2, 0.25) is 0 Å². The molecule has 0 bridgehead atoms. The first-order chi connectivity index (χ1) is 9.61. The van der Waals surface area contributed by atoms with Crippen LogP contribution in [0, 0.1) is 0 Å². The average molecular weight is 317 g/mol. The lowest BCUT2D eigenvalue weighted by atomic mass is 10.1. The van der Waals surface area contributed by atoms with Crippen LogP contribution in [-0.4, -0.2) is 70.6 Å². The van der Waals surface area contributed by atoms with E-state index in [1.54, 1.807) is 20.9 Å². The number of nitrogen functional groups attached to an aromatic ring is 1. The third kappa shape index (κ3) is 3.54. The minimum absolute atomic E-state index is 0.0245. The molecule has 0 unspecified atom stereocenters. The summed E-state index contributed by atoms with van der Waals surface area (Å²) in [6.07, 6.45) is 1.40. The Morgan fingerprint density at radius 1 is 1.33 bits per heavy atom. The SMILES string of the molecule is Cn1cnc(N)c1S(=O)(=O)N1CCN(CC(C)(C)O)CC1. The van der Waals surface area contributed by atoms with Gasteiger partial charge in [-0.05, 0) is 13.8 Å². The van der Waals surface area contributed by atoms with E-state index in [1.165, 1.54) is 15.2 Å². The molecule has 1 aromatic heterocycles. The molecule has 0 saturated carbocycles. The molecule has 9 heteroatoms. The number of aliphatic hydroxyl groups is 1. The summed E-state index contributed by atoms with van der Waals surface area (Å²) in [6.45, 7) is 5.93. The van der Waals surface area contributed by atoms with Crippen LogP contribution in [0.2, 0.25) is 0 Å². The molecule has 1 fully saturated rings. The Labute approximate surface area is 125 Å². The monoisotopic (exact) mass is 317 g/mol. The number of aromatic nitrogens is 2. The number of hydrogen-bond acceptors (Lipinski definition) is 6. The van der Waals surface area contributed by atoms with Crippen molar-refractivity contribution in [2.75, 3.05) is 38.5 Å². The summed E-state index contributed by atoms with van der Waals surface area (Å²) in [4.78, 5) is 5.89. The van der Waals surface area contributed by atoms with Gasteiger partial charge in [0.15, 0.2) is 10.8 Å². The zero-order valence-corrected chi connectivity index (χ0v) is 13.5. The van der Waals surface area contributed by atoms with E-state index in [1.807, 2.05) is 0 Å². The normalized spacial score (nSPS) is 19.0. The standard InChI is InChI=1S/C12H23N5O3S/c1-12(2,18)8-16-4-6-17(7-5-16)21(19,20)11-10(13)14-9-15(11)3/h9,18H,4-8,13H2,1-3H3. The van der Waals surface area contributed by atoms with Gasteiger partial charge >= 0.3 is 0 Å². The molecule has 3 N–H and O–H groups in total. The van der Waals surface area contributed by atoms with Crippen LogP contribution < -0.4 is 5.73 Å². The molecule has 0 spiro atoms. The molecular weight excluding hydrogens is 294 g/mol. The van der Waals surface area contributed by atoms with Crippen molar-refractivity contribution in [2.24, 2.45) is 7.05 Å². The van der Waals surface area contributed by atoms with Crippen molar-refractivity contribution in [1.29, 1.82) is 0 Å². The van der Waals surface area contributed by atoms with Gasteiger partial charge in [-0.3, -0.25) is 4.90 Å². The second-order valence-electron chi connectivity index (χ2n) is 6.04. The van der Waals surface area contributed by atoms with Crippen molar-refractivity contribution in [3.05, 3.63) is 6.33 Å². The molecule has 0 aromatic carbocycles. The smallest absolute Gasteiger partial charge is 0.262 e. The highest BCUT2D eigenvalue weighted by Gasteiger charge is 2.33. The maximum atomic E-state index is 12.6. The molecule has 0 radical (unpaired) electrons. The van der Waals surface area contributed by atoms with Gasteiger partial charge in [0.25, 0.3) is 10.0 Å². The molecule has 2 rings (SSSR count). The molecule has 21 heavy (non-hydrogen) atoms. The lowest BCUT2D eigenvalue weighted by Crippen LogP contribution is -2.52. The molecule has 1 aliphatic heterocycles. The largest absolute Gasteiger partial charge is 0.389 e. The molecule has 1 saturated heterocycles. The highest BCUT2D eigenvalue weighted by molar-refractivity contribution is 7.89. The molecule has 0 aliphatic carbocycles. The summed E-state index contributed by atoms with van der Waals surface area (Å²) < 4.78 is 28.0. The summed E-state index contributed by atoms with van der Waals surface area (Å²) in [6, 6.07) is 0. The predicted molar refractivity (Wildman–Crippen MR) is 79.1 cm³/mol. The third-order valence-corrected chi connectivity index (χ3v) is 5.47. The Kier molecular flexibility index (Phi) is 4.29. The molecule has 1 aromatic rings. The Morgan fingerprint density at radius 2 is 1.90 bits per heavy atom. The molecule has 0 atom stereocenters. The maximum Gasteiger partial charge on any atom is 0.262 e. The van der Waals surface area contributed by atoms with Gasteiger partial charge in [-0.25, -0.2) is 13.4 Å². The van der Waals surface area contributed by atoms with Crippen molar-refractivity contribution in [3.8, 4) is 0 Å². The van der Waals surface area contributed by atoms with E-state index < -0.39 is 15.6 Å². The molecule has 2 heterocycles. The quantitative estimate of drug-likeness (QED) is 0.744. The van der Waals surface area contributed by atoms with E-state index >= 15 is 0 Å². The fraction of sp³-hybridized carbons (Fsp3) is 0.750. The Morgan fingerprint density at radius 3 is 2.33 bits per heavy atom.